The lowest BCUT2D eigenvalue weighted by molar-refractivity contribution is 0.0712. The van der Waals surface area contributed by atoms with Crippen molar-refractivity contribution in [3.63, 3.8) is 0 Å². The van der Waals surface area contributed by atoms with Gasteiger partial charge in [0.1, 0.15) is 5.76 Å². The molecule has 0 aromatic carbocycles. The maximum absolute atomic E-state index is 12.3. The minimum atomic E-state index is -0.0701. The van der Waals surface area contributed by atoms with Crippen molar-refractivity contribution in [3.05, 3.63) is 35.9 Å². The molecule has 0 unspecified atom stereocenters. The first-order chi connectivity index (χ1) is 10.7. The molecule has 2 aromatic rings. The number of aryl methyl sites for hydroxylation is 1. The van der Waals surface area contributed by atoms with Gasteiger partial charge in [0.15, 0.2) is 5.76 Å². The summed E-state index contributed by atoms with van der Waals surface area (Å²) >= 11 is 0. The van der Waals surface area contributed by atoms with E-state index < -0.39 is 0 Å². The van der Waals surface area contributed by atoms with Crippen LogP contribution in [0.2, 0.25) is 0 Å². The van der Waals surface area contributed by atoms with Crippen LogP contribution < -0.4 is 9.64 Å². The van der Waals surface area contributed by atoms with E-state index in [2.05, 4.69) is 9.97 Å². The van der Waals surface area contributed by atoms with Gasteiger partial charge in [-0.15, -0.1) is 0 Å². The van der Waals surface area contributed by atoms with E-state index in [1.165, 1.54) is 0 Å². The van der Waals surface area contributed by atoms with Crippen molar-refractivity contribution in [2.45, 2.75) is 6.92 Å². The zero-order valence-electron chi connectivity index (χ0n) is 12.7. The van der Waals surface area contributed by atoms with Crippen LogP contribution in [-0.4, -0.2) is 54.1 Å². The van der Waals surface area contributed by atoms with Gasteiger partial charge in [0, 0.05) is 38.4 Å². The second-order valence-corrected chi connectivity index (χ2v) is 5.09. The van der Waals surface area contributed by atoms with E-state index in [1.807, 2.05) is 11.8 Å². The molecule has 116 valence electrons. The number of hydrogen-bond donors (Lipinski definition) is 0. The Balaban J connectivity index is 1.63. The molecule has 3 heterocycles. The summed E-state index contributed by atoms with van der Waals surface area (Å²) in [6.07, 6.45) is 1.67. The number of ether oxygens (including phenoxy) is 1. The Kier molecular flexibility index (Phi) is 3.95. The monoisotopic (exact) mass is 302 g/mol. The molecular formula is C15H18N4O3. The molecule has 0 saturated carbocycles. The van der Waals surface area contributed by atoms with Gasteiger partial charge >= 0.3 is 0 Å². The molecule has 0 N–H and O–H groups in total. The largest absolute Gasteiger partial charge is 0.481 e. The number of methoxy groups -OCH3 is 1. The quantitative estimate of drug-likeness (QED) is 0.852. The maximum atomic E-state index is 12.3. The molecule has 1 fully saturated rings. The lowest BCUT2D eigenvalue weighted by atomic mass is 10.3. The van der Waals surface area contributed by atoms with Crippen LogP contribution in [0.4, 0.5) is 5.95 Å². The Labute approximate surface area is 128 Å². The third-order valence-electron chi connectivity index (χ3n) is 3.63. The maximum Gasteiger partial charge on any atom is 0.289 e. The van der Waals surface area contributed by atoms with Gasteiger partial charge in [0.25, 0.3) is 5.91 Å². The number of hydrogen-bond acceptors (Lipinski definition) is 6. The van der Waals surface area contributed by atoms with Gasteiger partial charge in [-0.05, 0) is 19.1 Å². The highest BCUT2D eigenvalue weighted by atomic mass is 16.5. The number of nitrogens with zero attached hydrogens (tertiary/aromatic N) is 4. The molecule has 0 spiro atoms. The Morgan fingerprint density at radius 2 is 2.00 bits per heavy atom. The summed E-state index contributed by atoms with van der Waals surface area (Å²) in [5.74, 6) is 2.23. The van der Waals surface area contributed by atoms with E-state index in [1.54, 1.807) is 36.4 Å². The van der Waals surface area contributed by atoms with Crippen LogP contribution in [-0.2, 0) is 0 Å². The number of rotatable bonds is 3. The smallest absolute Gasteiger partial charge is 0.289 e. The molecule has 1 aliphatic rings. The summed E-state index contributed by atoms with van der Waals surface area (Å²) in [6.45, 7) is 4.41. The summed E-state index contributed by atoms with van der Waals surface area (Å²) in [5, 5.41) is 0. The predicted molar refractivity (Wildman–Crippen MR) is 80.1 cm³/mol. The van der Waals surface area contributed by atoms with Crippen LogP contribution in [0.3, 0.4) is 0 Å². The second kappa shape index (κ2) is 6.05. The van der Waals surface area contributed by atoms with Crippen molar-refractivity contribution in [1.29, 1.82) is 0 Å². The van der Waals surface area contributed by atoms with E-state index in [0.717, 1.165) is 5.76 Å². The number of carbonyl (C=O) groups excluding carboxylic acids is 1. The Hall–Kier alpha value is -2.57. The van der Waals surface area contributed by atoms with E-state index >= 15 is 0 Å². The van der Waals surface area contributed by atoms with Gasteiger partial charge in [0.05, 0.1) is 7.11 Å². The molecule has 22 heavy (non-hydrogen) atoms. The normalized spacial score (nSPS) is 15.0. The van der Waals surface area contributed by atoms with Gasteiger partial charge in [-0.2, -0.15) is 4.98 Å². The van der Waals surface area contributed by atoms with Crippen molar-refractivity contribution in [2.24, 2.45) is 0 Å². The van der Waals surface area contributed by atoms with Crippen LogP contribution in [0.5, 0.6) is 5.88 Å². The first-order valence-corrected chi connectivity index (χ1v) is 7.15. The fourth-order valence-corrected chi connectivity index (χ4v) is 2.41. The Morgan fingerprint density at radius 1 is 1.23 bits per heavy atom. The fourth-order valence-electron chi connectivity index (χ4n) is 2.41. The molecule has 1 saturated heterocycles. The molecule has 0 aliphatic carbocycles. The summed E-state index contributed by atoms with van der Waals surface area (Å²) in [7, 11) is 1.58. The predicted octanol–water partition coefficient (Wildman–Crippen LogP) is 1.35. The average molecular weight is 302 g/mol. The molecule has 2 aromatic heterocycles. The molecule has 7 heteroatoms. The van der Waals surface area contributed by atoms with E-state index in [0.29, 0.717) is 43.8 Å². The van der Waals surface area contributed by atoms with Crippen LogP contribution in [0.15, 0.2) is 28.8 Å². The van der Waals surface area contributed by atoms with Crippen LogP contribution in [0, 0.1) is 6.92 Å². The van der Waals surface area contributed by atoms with Crippen LogP contribution in [0.25, 0.3) is 0 Å². The second-order valence-electron chi connectivity index (χ2n) is 5.09. The molecule has 3 rings (SSSR count). The molecule has 1 aliphatic heterocycles. The molecular weight excluding hydrogens is 284 g/mol. The first-order valence-electron chi connectivity index (χ1n) is 7.15. The molecule has 0 radical (unpaired) electrons. The van der Waals surface area contributed by atoms with Gasteiger partial charge in [-0.3, -0.25) is 4.79 Å². The molecule has 1 amide bonds. The van der Waals surface area contributed by atoms with Gasteiger partial charge in [-0.25, -0.2) is 4.98 Å². The summed E-state index contributed by atoms with van der Waals surface area (Å²) in [5.41, 5.74) is 0. The van der Waals surface area contributed by atoms with E-state index in [9.17, 15) is 4.79 Å². The van der Waals surface area contributed by atoms with E-state index in [4.69, 9.17) is 9.15 Å². The van der Waals surface area contributed by atoms with Crippen molar-refractivity contribution in [1.82, 2.24) is 14.9 Å². The van der Waals surface area contributed by atoms with Crippen molar-refractivity contribution >= 4 is 11.9 Å². The molecule has 0 atom stereocenters. The number of furan rings is 1. The summed E-state index contributed by atoms with van der Waals surface area (Å²) in [6, 6.07) is 5.23. The summed E-state index contributed by atoms with van der Waals surface area (Å²) in [4.78, 5) is 24.7. The highest BCUT2D eigenvalue weighted by molar-refractivity contribution is 5.91. The SMILES string of the molecule is COc1ccnc(N2CCN(C(=O)c3ccc(C)o3)CC2)n1. The lowest BCUT2D eigenvalue weighted by Gasteiger charge is -2.34. The zero-order chi connectivity index (χ0) is 15.5. The lowest BCUT2D eigenvalue weighted by Crippen LogP contribution is -2.49. The van der Waals surface area contributed by atoms with Crippen molar-refractivity contribution in [3.8, 4) is 5.88 Å². The minimum Gasteiger partial charge on any atom is -0.481 e. The molecule has 7 nitrogen and oxygen atoms in total. The highest BCUT2D eigenvalue weighted by Gasteiger charge is 2.25. The minimum absolute atomic E-state index is 0.0701. The number of aromatic nitrogens is 2. The van der Waals surface area contributed by atoms with Crippen molar-refractivity contribution < 1.29 is 13.9 Å². The fraction of sp³-hybridized carbons (Fsp3) is 0.400. The number of anilines is 1. The van der Waals surface area contributed by atoms with Crippen molar-refractivity contribution in [2.75, 3.05) is 38.2 Å². The van der Waals surface area contributed by atoms with Crippen LogP contribution >= 0.6 is 0 Å². The standard InChI is InChI=1S/C15H18N4O3/c1-11-3-4-12(22-11)14(20)18-7-9-19(10-8-18)15-16-6-5-13(17-15)21-2/h3-6H,7-10H2,1-2H3. The third kappa shape index (κ3) is 2.88. The third-order valence-corrected chi connectivity index (χ3v) is 3.63. The first kappa shape index (κ1) is 14.4. The van der Waals surface area contributed by atoms with Gasteiger partial charge in [0.2, 0.25) is 11.8 Å². The number of carbonyl (C=O) groups is 1. The summed E-state index contributed by atoms with van der Waals surface area (Å²) < 4.78 is 10.5. The number of amides is 1. The van der Waals surface area contributed by atoms with Gasteiger partial charge < -0.3 is 19.0 Å². The average Bonchev–Trinajstić information content (AvgIpc) is 3.01. The van der Waals surface area contributed by atoms with E-state index in [-0.39, 0.29) is 5.91 Å². The van der Waals surface area contributed by atoms with Gasteiger partial charge in [-0.1, -0.05) is 0 Å². The zero-order valence-corrected chi connectivity index (χ0v) is 12.7. The van der Waals surface area contributed by atoms with Crippen LogP contribution in [0.1, 0.15) is 16.3 Å². The molecule has 0 bridgehead atoms. The Morgan fingerprint density at radius 3 is 2.64 bits per heavy atom. The number of piperazine rings is 1. The topological polar surface area (TPSA) is 71.7 Å². The Bertz CT molecular complexity index is 662. The highest BCUT2D eigenvalue weighted by Crippen LogP contribution is 2.16.